The minimum Gasteiger partial charge on any atom is -0.463 e. The number of pyridine rings is 2. The van der Waals surface area contributed by atoms with E-state index in [1.807, 2.05) is 29.7 Å². The number of carbonyl (C=O) groups is 1. The zero-order valence-electron chi connectivity index (χ0n) is 23.2. The van der Waals surface area contributed by atoms with Crippen LogP contribution in [0.2, 0.25) is 0 Å². The Bertz CT molecular complexity index is 2140. The molecule has 0 radical (unpaired) electrons. The molecule has 4 aromatic heterocycles. The summed E-state index contributed by atoms with van der Waals surface area (Å²) in [6, 6.07) is 13.3. The Morgan fingerprint density at radius 2 is 1.93 bits per heavy atom. The number of fused-ring (bicyclic) bond motifs is 3. The van der Waals surface area contributed by atoms with Crippen molar-refractivity contribution in [2.75, 3.05) is 19.7 Å². The number of nitrogens with one attached hydrogen (secondary N) is 1. The fourth-order valence-corrected chi connectivity index (χ4v) is 5.99. The molecule has 1 amide bonds. The summed E-state index contributed by atoms with van der Waals surface area (Å²) in [7, 11) is -2.57. The molecule has 0 spiro atoms. The maximum atomic E-state index is 14.9. The first kappa shape index (κ1) is 28.4. The molecular weight excluding hydrogens is 578 g/mol. The summed E-state index contributed by atoms with van der Waals surface area (Å²) >= 11 is 0. The summed E-state index contributed by atoms with van der Waals surface area (Å²) in [4.78, 5) is 21.9. The molecule has 2 aromatic carbocycles. The highest BCUT2D eigenvalue weighted by atomic mass is 32.2. The van der Waals surface area contributed by atoms with Crippen LogP contribution in [0.3, 0.4) is 0 Å². The van der Waals surface area contributed by atoms with Crippen molar-refractivity contribution in [2.24, 2.45) is 0 Å². The van der Waals surface area contributed by atoms with Gasteiger partial charge in [-0.15, -0.1) is 0 Å². The van der Waals surface area contributed by atoms with Gasteiger partial charge in [0.05, 0.1) is 35.6 Å². The van der Waals surface area contributed by atoms with E-state index in [0.29, 0.717) is 35.6 Å². The second kappa shape index (κ2) is 11.2. The van der Waals surface area contributed by atoms with E-state index in [0.717, 1.165) is 28.3 Å². The van der Waals surface area contributed by atoms with E-state index in [1.54, 1.807) is 25.4 Å². The third-order valence-electron chi connectivity index (χ3n) is 7.35. The number of sulfone groups is 1. The van der Waals surface area contributed by atoms with E-state index in [1.165, 1.54) is 24.3 Å². The highest BCUT2D eigenvalue weighted by Crippen LogP contribution is 2.33. The molecule has 0 aliphatic rings. The Hall–Kier alpha value is -4.68. The molecule has 9 nitrogen and oxygen atoms in total. The molecule has 0 saturated carbocycles. The lowest BCUT2D eigenvalue weighted by Crippen LogP contribution is -2.23. The van der Waals surface area contributed by atoms with Crippen molar-refractivity contribution < 1.29 is 31.1 Å². The number of nitrogens with zero attached hydrogens (tertiary/aromatic N) is 3. The summed E-state index contributed by atoms with van der Waals surface area (Å²) in [6.45, 7) is 2.97. The fourth-order valence-electron chi connectivity index (χ4n) is 5.18. The van der Waals surface area contributed by atoms with Crippen molar-refractivity contribution in [3.63, 3.8) is 0 Å². The number of furan rings is 1. The average molecular weight is 605 g/mol. The number of alkyl halides is 1. The smallest absolute Gasteiger partial charge is 0.251 e. The summed E-state index contributed by atoms with van der Waals surface area (Å²) in [5.74, 6) is -0.796. The second-order valence-corrected chi connectivity index (χ2v) is 12.0. The van der Waals surface area contributed by atoms with Gasteiger partial charge in [-0.2, -0.15) is 0 Å². The first-order valence-electron chi connectivity index (χ1n) is 13.3. The molecule has 0 saturated heterocycles. The molecule has 0 atom stereocenters. The van der Waals surface area contributed by atoms with Gasteiger partial charge in [-0.3, -0.25) is 9.78 Å². The highest BCUT2D eigenvalue weighted by molar-refractivity contribution is 7.91. The van der Waals surface area contributed by atoms with Crippen LogP contribution in [0, 0.1) is 12.7 Å². The van der Waals surface area contributed by atoms with Crippen molar-refractivity contribution in [3.05, 3.63) is 89.8 Å². The van der Waals surface area contributed by atoms with Crippen LogP contribution < -0.4 is 5.32 Å². The number of aromatic nitrogens is 3. The van der Waals surface area contributed by atoms with Gasteiger partial charge in [-0.25, -0.2) is 22.2 Å². The van der Waals surface area contributed by atoms with E-state index in [9.17, 15) is 22.0 Å². The molecule has 0 fully saturated rings. The number of hydrogen-bond donors (Lipinski definition) is 1. The Morgan fingerprint density at radius 1 is 1.09 bits per heavy atom. The third kappa shape index (κ3) is 5.23. The van der Waals surface area contributed by atoms with E-state index in [4.69, 9.17) is 14.1 Å². The van der Waals surface area contributed by atoms with Crippen LogP contribution in [-0.4, -0.2) is 48.6 Å². The highest BCUT2D eigenvalue weighted by Gasteiger charge is 2.22. The van der Waals surface area contributed by atoms with Gasteiger partial charge >= 0.3 is 0 Å². The molecule has 0 aliphatic carbocycles. The number of halogens is 2. The predicted molar refractivity (Wildman–Crippen MR) is 158 cm³/mol. The molecule has 0 unspecified atom stereocenters. The summed E-state index contributed by atoms with van der Waals surface area (Å²) in [5.41, 5.74) is 4.44. The van der Waals surface area contributed by atoms with Gasteiger partial charge in [0, 0.05) is 52.8 Å². The molecule has 12 heteroatoms. The number of aryl methyl sites for hydroxylation is 1. The molecule has 220 valence electrons. The monoisotopic (exact) mass is 604 g/mol. The number of hydrogen-bond acceptors (Lipinski definition) is 7. The predicted octanol–water partition coefficient (Wildman–Crippen LogP) is 5.72. The van der Waals surface area contributed by atoms with Crippen molar-refractivity contribution in [3.8, 4) is 11.3 Å². The maximum Gasteiger partial charge on any atom is 0.251 e. The minimum absolute atomic E-state index is 0.0715. The van der Waals surface area contributed by atoms with Crippen LogP contribution >= 0.6 is 0 Å². The van der Waals surface area contributed by atoms with Crippen LogP contribution in [0.15, 0.2) is 76.4 Å². The molecule has 0 bridgehead atoms. The SMILES string of the molecule is COCCn1c(C)cc2c(-c3ccc4cnc(CNC(=O)c5ccc6occ(S(=O)(=O)CF)c6c5)cc4n3)ccc(F)c21. The molecule has 6 aromatic rings. The normalized spacial score (nSPS) is 12.0. The first-order valence-corrected chi connectivity index (χ1v) is 15.0. The van der Waals surface area contributed by atoms with E-state index >= 15 is 0 Å². The largest absolute Gasteiger partial charge is 0.463 e. The number of benzene rings is 2. The van der Waals surface area contributed by atoms with Gasteiger partial charge in [-0.05, 0) is 61.5 Å². The molecular formula is C31H26F2N4O5S. The van der Waals surface area contributed by atoms with Gasteiger partial charge in [0.15, 0.2) is 6.01 Å². The first-order chi connectivity index (χ1) is 20.7. The van der Waals surface area contributed by atoms with Crippen LogP contribution in [0.5, 0.6) is 0 Å². The number of carbonyl (C=O) groups excluding carboxylic acids is 1. The van der Waals surface area contributed by atoms with Crippen LogP contribution in [0.4, 0.5) is 8.78 Å². The Kier molecular flexibility index (Phi) is 7.40. The zero-order chi connectivity index (χ0) is 30.3. The fraction of sp³-hybridized carbons (Fsp3) is 0.194. The lowest BCUT2D eigenvalue weighted by Gasteiger charge is -2.10. The topological polar surface area (TPSA) is 116 Å². The Labute approximate surface area is 245 Å². The van der Waals surface area contributed by atoms with Gasteiger partial charge in [-0.1, -0.05) is 0 Å². The standard InChI is InChI=1S/C31H26F2N4O5S/c1-18-11-23-22(5-6-25(33)30(23)37(18)9-10-41-2)26-7-3-20-14-34-21(13-27(20)36-26)15-35-31(38)19-4-8-28-24(12-19)29(16-42-28)43(39,40)17-32/h3-8,11-14,16H,9-10,15,17H2,1-2H3,(H,35,38). The van der Waals surface area contributed by atoms with Crippen LogP contribution in [0.1, 0.15) is 21.7 Å². The molecule has 1 N–H and O–H groups in total. The van der Waals surface area contributed by atoms with Gasteiger partial charge < -0.3 is 19.0 Å². The maximum absolute atomic E-state index is 14.9. The van der Waals surface area contributed by atoms with Crippen LogP contribution in [-0.2, 0) is 27.7 Å². The summed E-state index contributed by atoms with van der Waals surface area (Å²) < 4.78 is 64.4. The van der Waals surface area contributed by atoms with Crippen molar-refractivity contribution in [2.45, 2.75) is 24.9 Å². The van der Waals surface area contributed by atoms with E-state index in [-0.39, 0.29) is 33.8 Å². The number of ether oxygens (including phenoxy) is 1. The second-order valence-electron chi connectivity index (χ2n) is 10.1. The van der Waals surface area contributed by atoms with Gasteiger partial charge in [0.25, 0.3) is 5.91 Å². The average Bonchev–Trinajstić information content (AvgIpc) is 3.59. The number of methoxy groups -OCH3 is 1. The minimum atomic E-state index is -4.18. The lowest BCUT2D eigenvalue weighted by atomic mass is 10.0. The number of rotatable bonds is 9. The molecule has 0 aliphatic heterocycles. The van der Waals surface area contributed by atoms with E-state index in [2.05, 4.69) is 10.3 Å². The summed E-state index contributed by atoms with van der Waals surface area (Å²) in [6.07, 6.45) is 2.63. The van der Waals surface area contributed by atoms with Crippen molar-refractivity contribution >= 4 is 48.5 Å². The Morgan fingerprint density at radius 3 is 2.72 bits per heavy atom. The molecule has 4 heterocycles. The van der Waals surface area contributed by atoms with Gasteiger partial charge in [0.1, 0.15) is 22.6 Å². The molecule has 43 heavy (non-hydrogen) atoms. The van der Waals surface area contributed by atoms with Crippen molar-refractivity contribution in [1.82, 2.24) is 19.9 Å². The quantitative estimate of drug-likeness (QED) is 0.224. The summed E-state index contributed by atoms with van der Waals surface area (Å²) in [5, 5.41) is 4.44. The van der Waals surface area contributed by atoms with Crippen molar-refractivity contribution in [1.29, 1.82) is 0 Å². The van der Waals surface area contributed by atoms with Crippen LogP contribution in [0.25, 0.3) is 44.0 Å². The third-order valence-corrected chi connectivity index (χ3v) is 8.62. The molecule has 6 rings (SSSR count). The Balaban J connectivity index is 1.27. The lowest BCUT2D eigenvalue weighted by molar-refractivity contribution is 0.0950. The number of amides is 1. The van der Waals surface area contributed by atoms with Gasteiger partial charge in [0.2, 0.25) is 9.84 Å². The zero-order valence-corrected chi connectivity index (χ0v) is 24.0. The van der Waals surface area contributed by atoms with E-state index < -0.39 is 21.8 Å².